The zero-order valence-corrected chi connectivity index (χ0v) is 18.2. The predicted molar refractivity (Wildman–Crippen MR) is 116 cm³/mol. The molecule has 1 saturated heterocycles. The highest BCUT2D eigenvalue weighted by Crippen LogP contribution is 2.25. The average molecular weight is 391 g/mol. The molecule has 1 fully saturated rings. The topological polar surface area (TPSA) is 69.1 Å². The Labute approximate surface area is 170 Å². The molecular formula is C22H38N4O2. The van der Waals surface area contributed by atoms with Gasteiger partial charge in [-0.1, -0.05) is 38.1 Å². The zero-order chi connectivity index (χ0) is 20.6. The van der Waals surface area contributed by atoms with E-state index < -0.39 is 5.60 Å². The standard InChI is InChI=1S/C22H38N4O2/c1-6-23-20(24-15-21(3,4)19-10-8-7-9-18(19)2)25-16-22(5,27)17-26-11-13-28-14-12-26/h7-10,27H,6,11-17H2,1-5H3,(H2,23,24,25). The summed E-state index contributed by atoms with van der Waals surface area (Å²) in [6.45, 7) is 16.2. The van der Waals surface area contributed by atoms with Crippen LogP contribution in [0.2, 0.25) is 0 Å². The van der Waals surface area contributed by atoms with Crippen molar-refractivity contribution in [3.63, 3.8) is 0 Å². The van der Waals surface area contributed by atoms with E-state index in [4.69, 9.17) is 4.74 Å². The molecule has 1 aromatic rings. The Hall–Kier alpha value is -1.63. The minimum atomic E-state index is -0.870. The first-order valence-electron chi connectivity index (χ1n) is 10.3. The number of aliphatic hydroxyl groups is 1. The van der Waals surface area contributed by atoms with Crippen molar-refractivity contribution in [3.05, 3.63) is 35.4 Å². The second-order valence-electron chi connectivity index (χ2n) is 8.63. The molecule has 6 nitrogen and oxygen atoms in total. The number of guanidine groups is 1. The number of β-amino-alcohol motifs (C(OH)–C–C–N with tert-alkyl or cyclic N) is 1. The molecule has 0 bridgehead atoms. The zero-order valence-electron chi connectivity index (χ0n) is 18.2. The molecule has 0 aliphatic carbocycles. The highest BCUT2D eigenvalue weighted by molar-refractivity contribution is 5.79. The molecule has 0 aromatic heterocycles. The Balaban J connectivity index is 1.96. The minimum Gasteiger partial charge on any atom is -0.387 e. The molecule has 0 radical (unpaired) electrons. The van der Waals surface area contributed by atoms with Crippen molar-refractivity contribution in [1.29, 1.82) is 0 Å². The van der Waals surface area contributed by atoms with Crippen molar-refractivity contribution in [2.75, 3.05) is 52.5 Å². The Morgan fingerprint density at radius 1 is 1.18 bits per heavy atom. The van der Waals surface area contributed by atoms with Gasteiger partial charge in [-0.2, -0.15) is 0 Å². The van der Waals surface area contributed by atoms with E-state index in [1.54, 1.807) is 0 Å². The first-order chi connectivity index (χ1) is 13.2. The molecule has 3 N–H and O–H groups in total. The molecule has 1 aliphatic rings. The maximum atomic E-state index is 10.8. The molecule has 0 saturated carbocycles. The number of nitrogens with one attached hydrogen (secondary N) is 2. The maximum absolute atomic E-state index is 10.8. The van der Waals surface area contributed by atoms with Crippen LogP contribution in [0, 0.1) is 6.92 Å². The van der Waals surface area contributed by atoms with E-state index in [0.29, 0.717) is 13.1 Å². The number of rotatable bonds is 8. The molecule has 6 heteroatoms. The van der Waals surface area contributed by atoms with Gasteiger partial charge in [0.05, 0.1) is 25.4 Å². The summed E-state index contributed by atoms with van der Waals surface area (Å²) in [4.78, 5) is 6.89. The molecule has 0 spiro atoms. The molecule has 1 unspecified atom stereocenters. The maximum Gasteiger partial charge on any atom is 0.191 e. The average Bonchev–Trinajstić information content (AvgIpc) is 2.65. The van der Waals surface area contributed by atoms with Crippen LogP contribution in [0.25, 0.3) is 0 Å². The first-order valence-corrected chi connectivity index (χ1v) is 10.3. The second kappa shape index (κ2) is 10.2. The van der Waals surface area contributed by atoms with E-state index in [9.17, 15) is 5.11 Å². The third kappa shape index (κ3) is 7.08. The van der Waals surface area contributed by atoms with Gasteiger partial charge in [-0.25, -0.2) is 0 Å². The van der Waals surface area contributed by atoms with Crippen LogP contribution in [0.1, 0.15) is 38.8 Å². The van der Waals surface area contributed by atoms with Gasteiger partial charge < -0.3 is 20.5 Å². The Morgan fingerprint density at radius 2 is 1.86 bits per heavy atom. The number of hydrogen-bond donors (Lipinski definition) is 3. The van der Waals surface area contributed by atoms with Crippen molar-refractivity contribution in [2.24, 2.45) is 4.99 Å². The summed E-state index contributed by atoms with van der Waals surface area (Å²) >= 11 is 0. The van der Waals surface area contributed by atoms with Crippen LogP contribution < -0.4 is 10.6 Å². The number of hydrogen-bond acceptors (Lipinski definition) is 4. The lowest BCUT2D eigenvalue weighted by atomic mass is 9.82. The molecule has 2 rings (SSSR count). The summed E-state index contributed by atoms with van der Waals surface area (Å²) in [5.41, 5.74) is 1.73. The number of benzene rings is 1. The molecule has 158 valence electrons. The molecule has 1 aliphatic heterocycles. The third-order valence-electron chi connectivity index (χ3n) is 5.16. The number of ether oxygens (including phenoxy) is 1. The van der Waals surface area contributed by atoms with Gasteiger partial charge in [-0.05, 0) is 31.9 Å². The number of nitrogens with zero attached hydrogens (tertiary/aromatic N) is 2. The lowest BCUT2D eigenvalue weighted by molar-refractivity contribution is -0.0179. The Bertz CT molecular complexity index is 637. The fourth-order valence-electron chi connectivity index (χ4n) is 3.61. The monoisotopic (exact) mass is 390 g/mol. The molecule has 1 atom stereocenters. The van der Waals surface area contributed by atoms with Crippen molar-refractivity contribution in [3.8, 4) is 0 Å². The Morgan fingerprint density at radius 3 is 2.50 bits per heavy atom. The van der Waals surface area contributed by atoms with Crippen molar-refractivity contribution in [2.45, 2.75) is 45.6 Å². The molecule has 0 amide bonds. The summed E-state index contributed by atoms with van der Waals surface area (Å²) in [5.74, 6) is 0.742. The Kier molecular flexibility index (Phi) is 8.28. The van der Waals surface area contributed by atoms with Gasteiger partial charge in [0.25, 0.3) is 0 Å². The summed E-state index contributed by atoms with van der Waals surface area (Å²) in [6, 6.07) is 8.50. The highest BCUT2D eigenvalue weighted by atomic mass is 16.5. The lowest BCUT2D eigenvalue weighted by Gasteiger charge is -2.33. The fraction of sp³-hybridized carbons (Fsp3) is 0.682. The van der Waals surface area contributed by atoms with Gasteiger partial charge in [0.1, 0.15) is 0 Å². The van der Waals surface area contributed by atoms with Crippen LogP contribution >= 0.6 is 0 Å². The van der Waals surface area contributed by atoms with E-state index in [1.807, 2.05) is 6.92 Å². The van der Waals surface area contributed by atoms with Gasteiger partial charge in [0, 0.05) is 38.1 Å². The van der Waals surface area contributed by atoms with Gasteiger partial charge in [-0.15, -0.1) is 0 Å². The van der Waals surface area contributed by atoms with Crippen molar-refractivity contribution >= 4 is 5.96 Å². The first kappa shape index (κ1) is 22.7. The highest BCUT2D eigenvalue weighted by Gasteiger charge is 2.26. The molecule has 28 heavy (non-hydrogen) atoms. The van der Waals surface area contributed by atoms with Crippen LogP contribution in [0.15, 0.2) is 29.3 Å². The lowest BCUT2D eigenvalue weighted by Crippen LogP contribution is -2.48. The largest absolute Gasteiger partial charge is 0.387 e. The van der Waals surface area contributed by atoms with Crippen LogP contribution in [0.4, 0.5) is 0 Å². The van der Waals surface area contributed by atoms with Crippen molar-refractivity contribution in [1.82, 2.24) is 15.5 Å². The van der Waals surface area contributed by atoms with Gasteiger partial charge in [-0.3, -0.25) is 9.89 Å². The molecule has 1 aromatic carbocycles. The van der Waals surface area contributed by atoms with E-state index in [0.717, 1.165) is 45.4 Å². The van der Waals surface area contributed by atoms with Crippen LogP contribution in [0.3, 0.4) is 0 Å². The summed E-state index contributed by atoms with van der Waals surface area (Å²) in [6.07, 6.45) is 0. The second-order valence-corrected chi connectivity index (χ2v) is 8.63. The minimum absolute atomic E-state index is 0.0299. The van der Waals surface area contributed by atoms with Gasteiger partial charge in [0.15, 0.2) is 5.96 Å². The summed E-state index contributed by atoms with van der Waals surface area (Å²) < 4.78 is 5.38. The SMILES string of the molecule is CCNC(=NCC(C)(O)CN1CCOCC1)NCC(C)(C)c1ccccc1C. The van der Waals surface area contributed by atoms with E-state index in [-0.39, 0.29) is 5.41 Å². The van der Waals surface area contributed by atoms with E-state index in [2.05, 4.69) is 72.5 Å². The van der Waals surface area contributed by atoms with E-state index in [1.165, 1.54) is 11.1 Å². The van der Waals surface area contributed by atoms with Gasteiger partial charge in [0.2, 0.25) is 0 Å². The fourth-order valence-corrected chi connectivity index (χ4v) is 3.61. The smallest absolute Gasteiger partial charge is 0.191 e. The number of aliphatic imine (C=N–C) groups is 1. The normalized spacial score (nSPS) is 18.6. The molecule has 1 heterocycles. The number of morpholine rings is 1. The third-order valence-corrected chi connectivity index (χ3v) is 5.16. The number of aryl methyl sites for hydroxylation is 1. The van der Waals surface area contributed by atoms with Crippen LogP contribution in [-0.2, 0) is 10.2 Å². The molecular weight excluding hydrogens is 352 g/mol. The quantitative estimate of drug-likeness (QED) is 0.467. The summed E-state index contributed by atoms with van der Waals surface area (Å²) in [7, 11) is 0. The predicted octanol–water partition coefficient (Wildman–Crippen LogP) is 1.91. The summed E-state index contributed by atoms with van der Waals surface area (Å²) in [5, 5.41) is 17.5. The van der Waals surface area contributed by atoms with E-state index >= 15 is 0 Å². The van der Waals surface area contributed by atoms with Crippen molar-refractivity contribution < 1.29 is 9.84 Å². The van der Waals surface area contributed by atoms with Gasteiger partial charge >= 0.3 is 0 Å². The van der Waals surface area contributed by atoms with Crippen LogP contribution in [-0.4, -0.2) is 74.0 Å². The van der Waals surface area contributed by atoms with Crippen LogP contribution in [0.5, 0.6) is 0 Å².